The second-order valence-corrected chi connectivity index (χ2v) is 8.08. The quantitative estimate of drug-likeness (QED) is 0.321. The molecule has 0 radical (unpaired) electrons. The Morgan fingerprint density at radius 2 is 1.71 bits per heavy atom. The maximum atomic E-state index is 12.2. The van der Waals surface area contributed by atoms with Gasteiger partial charge in [0.15, 0.2) is 5.78 Å². The molecule has 0 spiro atoms. The third-order valence-electron chi connectivity index (χ3n) is 6.02. The fourth-order valence-electron chi connectivity index (χ4n) is 4.06. The van der Waals surface area contributed by atoms with E-state index in [1.165, 1.54) is 0 Å². The van der Waals surface area contributed by atoms with E-state index in [9.17, 15) is 35.4 Å². The molecule has 0 saturated carbocycles. The molecule has 2 rings (SSSR count). The summed E-state index contributed by atoms with van der Waals surface area (Å²) in [5.74, 6) is -0.440. The molecule has 0 amide bonds. The number of carbonyl (C=O) groups is 1. The topological polar surface area (TPSA) is 148 Å². The van der Waals surface area contributed by atoms with Crippen molar-refractivity contribution >= 4 is 5.78 Å². The van der Waals surface area contributed by atoms with Gasteiger partial charge in [0.2, 0.25) is 0 Å². The smallest absolute Gasteiger partial charge is 0.158 e. The Kier molecular flexibility index (Phi) is 7.92. The minimum Gasteiger partial charge on any atom is -0.396 e. The first-order valence-corrected chi connectivity index (χ1v) is 9.63. The molecule has 6 N–H and O–H groups in total. The first kappa shape index (κ1) is 23.2. The highest BCUT2D eigenvalue weighted by Gasteiger charge is 2.47. The molecule has 1 aliphatic carbocycles. The second-order valence-electron chi connectivity index (χ2n) is 8.08. The van der Waals surface area contributed by atoms with E-state index in [0.717, 1.165) is 5.57 Å². The van der Waals surface area contributed by atoms with Gasteiger partial charge >= 0.3 is 0 Å². The van der Waals surface area contributed by atoms with Crippen LogP contribution in [0.2, 0.25) is 0 Å². The lowest BCUT2D eigenvalue weighted by Gasteiger charge is -2.45. The lowest BCUT2D eigenvalue weighted by molar-refractivity contribution is -0.234. The minimum absolute atomic E-state index is 0.00970. The first-order chi connectivity index (χ1) is 13.2. The van der Waals surface area contributed by atoms with Gasteiger partial charge in [-0.3, -0.25) is 4.79 Å². The zero-order valence-electron chi connectivity index (χ0n) is 16.4. The molecule has 8 heteroatoms. The van der Waals surface area contributed by atoms with E-state index < -0.39 is 48.5 Å². The van der Waals surface area contributed by atoms with Gasteiger partial charge in [0.1, 0.15) is 24.4 Å². The van der Waals surface area contributed by atoms with Crippen LogP contribution in [0.25, 0.3) is 0 Å². The largest absolute Gasteiger partial charge is 0.396 e. The van der Waals surface area contributed by atoms with E-state index in [0.29, 0.717) is 18.4 Å². The predicted octanol–water partition coefficient (Wildman–Crippen LogP) is -0.938. The Labute approximate surface area is 164 Å². The number of ether oxygens (including phenoxy) is 1. The maximum Gasteiger partial charge on any atom is 0.158 e. The highest BCUT2D eigenvalue weighted by atomic mass is 16.5. The van der Waals surface area contributed by atoms with E-state index >= 15 is 0 Å². The van der Waals surface area contributed by atoms with Crippen LogP contribution in [-0.4, -0.2) is 86.8 Å². The van der Waals surface area contributed by atoms with Gasteiger partial charge in [-0.2, -0.15) is 0 Å². The van der Waals surface area contributed by atoms with Crippen molar-refractivity contribution in [2.75, 3.05) is 19.8 Å². The number of Topliss-reactive ketones (excluding diaryl/α,β-unsaturated/α-hetero) is 1. The van der Waals surface area contributed by atoms with Crippen molar-refractivity contribution in [1.82, 2.24) is 0 Å². The third-order valence-corrected chi connectivity index (χ3v) is 6.02. The average molecular weight is 400 g/mol. The standard InChI is InChI=1S/C20H32O8/c1-11-13(4-3-12(8-21)9-22)20(2,6-5-14(11)24)7-15-17(25)19(27)18(26)16(10-23)28-15/h3-4,12,15-19,21-23,25-27H,5-10H2,1-2H3/b4-3+/t15-,16+,17-,18+,19+,20-/m0/s1. The van der Waals surface area contributed by atoms with E-state index in [2.05, 4.69) is 0 Å². The number of allylic oxidation sites excluding steroid dienone is 3. The molecule has 0 aromatic carbocycles. The maximum absolute atomic E-state index is 12.2. The Bertz CT molecular complexity index is 609. The van der Waals surface area contributed by atoms with E-state index in [1.54, 1.807) is 19.1 Å². The lowest BCUT2D eigenvalue weighted by atomic mass is 9.66. The number of hydrogen-bond acceptors (Lipinski definition) is 8. The molecular weight excluding hydrogens is 368 g/mol. The molecule has 1 aliphatic heterocycles. The Hall–Kier alpha value is -1.13. The fourth-order valence-corrected chi connectivity index (χ4v) is 4.06. The van der Waals surface area contributed by atoms with Crippen LogP contribution in [0, 0.1) is 11.3 Å². The van der Waals surface area contributed by atoms with Gasteiger partial charge in [-0.15, -0.1) is 0 Å². The van der Waals surface area contributed by atoms with Crippen molar-refractivity contribution in [3.63, 3.8) is 0 Å². The van der Waals surface area contributed by atoms with Crippen molar-refractivity contribution in [1.29, 1.82) is 0 Å². The molecule has 6 atom stereocenters. The SMILES string of the molecule is CC1=C(/C=C/C(CO)CO)[C@](C)(C[C@@H]2O[C@H](CO)[C@@H](O)[C@H](O)[C@H]2O)CCC1=O. The predicted molar refractivity (Wildman–Crippen MR) is 100 cm³/mol. The fraction of sp³-hybridized carbons (Fsp3) is 0.750. The molecule has 0 bridgehead atoms. The van der Waals surface area contributed by atoms with Gasteiger partial charge in [0, 0.05) is 12.3 Å². The summed E-state index contributed by atoms with van der Waals surface area (Å²) in [6.45, 7) is 2.71. The second kappa shape index (κ2) is 9.58. The molecule has 0 aromatic heterocycles. The van der Waals surface area contributed by atoms with Gasteiger partial charge in [-0.1, -0.05) is 19.1 Å². The molecule has 0 aromatic rings. The molecule has 8 nitrogen and oxygen atoms in total. The van der Waals surface area contributed by atoms with Crippen LogP contribution < -0.4 is 0 Å². The van der Waals surface area contributed by atoms with Crippen molar-refractivity contribution < 1.29 is 40.2 Å². The van der Waals surface area contributed by atoms with Gasteiger partial charge in [-0.25, -0.2) is 0 Å². The average Bonchev–Trinajstić information content (AvgIpc) is 2.68. The number of hydrogen-bond donors (Lipinski definition) is 6. The summed E-state index contributed by atoms with van der Waals surface area (Å²) in [5, 5.41) is 58.4. The third kappa shape index (κ3) is 4.71. The zero-order valence-corrected chi connectivity index (χ0v) is 16.4. The lowest BCUT2D eigenvalue weighted by Crippen LogP contribution is -2.59. The highest BCUT2D eigenvalue weighted by molar-refractivity contribution is 5.97. The summed E-state index contributed by atoms with van der Waals surface area (Å²) in [7, 11) is 0. The summed E-state index contributed by atoms with van der Waals surface area (Å²) in [6, 6.07) is 0. The van der Waals surface area contributed by atoms with Gasteiger partial charge < -0.3 is 35.4 Å². The van der Waals surface area contributed by atoms with Crippen molar-refractivity contribution in [3.8, 4) is 0 Å². The van der Waals surface area contributed by atoms with Crippen LogP contribution in [-0.2, 0) is 9.53 Å². The van der Waals surface area contributed by atoms with Crippen molar-refractivity contribution in [2.24, 2.45) is 11.3 Å². The van der Waals surface area contributed by atoms with Gasteiger partial charge in [0.25, 0.3) is 0 Å². The van der Waals surface area contributed by atoms with E-state index in [-0.39, 0.29) is 25.4 Å². The van der Waals surface area contributed by atoms with Crippen molar-refractivity contribution in [3.05, 3.63) is 23.3 Å². The van der Waals surface area contributed by atoms with Crippen LogP contribution in [0.15, 0.2) is 23.3 Å². The van der Waals surface area contributed by atoms with Crippen LogP contribution in [0.4, 0.5) is 0 Å². The summed E-state index contributed by atoms with van der Waals surface area (Å²) in [4.78, 5) is 12.2. The number of aliphatic hydroxyl groups excluding tert-OH is 6. The Morgan fingerprint density at radius 1 is 1.11 bits per heavy atom. The minimum atomic E-state index is -1.44. The number of rotatable bonds is 7. The van der Waals surface area contributed by atoms with E-state index in [1.807, 2.05) is 6.92 Å². The van der Waals surface area contributed by atoms with Crippen molar-refractivity contribution in [2.45, 2.75) is 63.6 Å². The van der Waals surface area contributed by atoms with Crippen LogP contribution in [0.5, 0.6) is 0 Å². The summed E-state index contributed by atoms with van der Waals surface area (Å²) in [5.41, 5.74) is 0.731. The van der Waals surface area contributed by atoms with Gasteiger partial charge in [-0.05, 0) is 36.3 Å². The van der Waals surface area contributed by atoms with Crippen LogP contribution >= 0.6 is 0 Å². The highest BCUT2D eigenvalue weighted by Crippen LogP contribution is 2.45. The first-order valence-electron chi connectivity index (χ1n) is 9.63. The zero-order chi connectivity index (χ0) is 21.1. The monoisotopic (exact) mass is 400 g/mol. The number of carbonyl (C=O) groups excluding carboxylic acids is 1. The number of aliphatic hydroxyl groups is 6. The molecule has 1 saturated heterocycles. The molecule has 1 fully saturated rings. The molecule has 2 aliphatic rings. The molecule has 0 unspecified atom stereocenters. The molecule has 1 heterocycles. The summed E-state index contributed by atoms with van der Waals surface area (Å²) in [6.07, 6.45) is -1.52. The van der Waals surface area contributed by atoms with Gasteiger partial charge in [0.05, 0.1) is 25.9 Å². The molecular formula is C20H32O8. The Balaban J connectivity index is 2.31. The molecule has 28 heavy (non-hydrogen) atoms. The molecule has 160 valence electrons. The van der Waals surface area contributed by atoms with Crippen LogP contribution in [0.1, 0.15) is 33.1 Å². The van der Waals surface area contributed by atoms with Crippen LogP contribution in [0.3, 0.4) is 0 Å². The summed E-state index contributed by atoms with van der Waals surface area (Å²) >= 11 is 0. The Morgan fingerprint density at radius 3 is 2.29 bits per heavy atom. The summed E-state index contributed by atoms with van der Waals surface area (Å²) < 4.78 is 5.66. The normalized spacial score (nSPS) is 37.3. The van der Waals surface area contributed by atoms with E-state index in [4.69, 9.17) is 4.74 Å². The number of ketones is 1.